The number of carbonyl (C=O) groups is 1. The molecule has 2 aliphatic heterocycles. The van der Waals surface area contributed by atoms with Crippen molar-refractivity contribution in [2.24, 2.45) is 0 Å². The SMILES string of the molecule is CC(C)c1cc(C2CCCN2C(=O)CN2CCOCC2)no1. The lowest BCUT2D eigenvalue weighted by Crippen LogP contribution is -2.44. The number of nitrogens with zero attached hydrogens (tertiary/aromatic N) is 3. The van der Waals surface area contributed by atoms with Gasteiger partial charge in [-0.15, -0.1) is 0 Å². The molecule has 0 aliphatic carbocycles. The highest BCUT2D eigenvalue weighted by Gasteiger charge is 2.33. The fraction of sp³-hybridized carbons (Fsp3) is 0.750. The van der Waals surface area contributed by atoms with Crippen molar-refractivity contribution in [3.63, 3.8) is 0 Å². The Hall–Kier alpha value is -1.40. The van der Waals surface area contributed by atoms with Gasteiger partial charge in [-0.25, -0.2) is 0 Å². The molecule has 1 atom stereocenters. The first-order valence-corrected chi connectivity index (χ1v) is 8.21. The van der Waals surface area contributed by atoms with Crippen LogP contribution in [0.15, 0.2) is 10.6 Å². The van der Waals surface area contributed by atoms with Gasteiger partial charge in [0.25, 0.3) is 0 Å². The molecule has 2 fully saturated rings. The monoisotopic (exact) mass is 307 g/mol. The maximum Gasteiger partial charge on any atom is 0.237 e. The Morgan fingerprint density at radius 1 is 1.36 bits per heavy atom. The molecule has 0 N–H and O–H groups in total. The first kappa shape index (κ1) is 15.5. The third-order valence-electron chi connectivity index (χ3n) is 4.49. The Morgan fingerprint density at radius 3 is 2.82 bits per heavy atom. The topological polar surface area (TPSA) is 58.8 Å². The number of rotatable bonds is 4. The van der Waals surface area contributed by atoms with E-state index in [1.165, 1.54) is 0 Å². The Kier molecular flexibility index (Phi) is 4.78. The van der Waals surface area contributed by atoms with Crippen LogP contribution in [0.3, 0.4) is 0 Å². The minimum absolute atomic E-state index is 0.0739. The molecule has 122 valence electrons. The van der Waals surface area contributed by atoms with Crippen LogP contribution in [0.25, 0.3) is 0 Å². The van der Waals surface area contributed by atoms with Crippen molar-refractivity contribution < 1.29 is 14.1 Å². The van der Waals surface area contributed by atoms with Crippen LogP contribution in [0.5, 0.6) is 0 Å². The molecule has 0 bridgehead atoms. The van der Waals surface area contributed by atoms with Crippen LogP contribution < -0.4 is 0 Å². The van der Waals surface area contributed by atoms with Gasteiger partial charge in [-0.3, -0.25) is 9.69 Å². The zero-order valence-electron chi connectivity index (χ0n) is 13.5. The molecule has 22 heavy (non-hydrogen) atoms. The van der Waals surface area contributed by atoms with Crippen molar-refractivity contribution in [3.8, 4) is 0 Å². The smallest absolute Gasteiger partial charge is 0.237 e. The van der Waals surface area contributed by atoms with E-state index in [0.717, 1.165) is 57.1 Å². The summed E-state index contributed by atoms with van der Waals surface area (Å²) in [7, 11) is 0. The average Bonchev–Trinajstić information content (AvgIpc) is 3.17. The molecule has 0 saturated carbocycles. The van der Waals surface area contributed by atoms with Gasteiger partial charge in [-0.1, -0.05) is 19.0 Å². The minimum Gasteiger partial charge on any atom is -0.379 e. The van der Waals surface area contributed by atoms with Crippen molar-refractivity contribution in [1.82, 2.24) is 15.0 Å². The highest BCUT2D eigenvalue weighted by atomic mass is 16.5. The maximum atomic E-state index is 12.6. The number of morpholine rings is 1. The van der Waals surface area contributed by atoms with E-state index in [1.54, 1.807) is 0 Å². The normalized spacial score (nSPS) is 23.4. The first-order valence-electron chi connectivity index (χ1n) is 8.21. The van der Waals surface area contributed by atoms with E-state index in [-0.39, 0.29) is 11.9 Å². The molecule has 2 aliphatic rings. The molecule has 3 heterocycles. The van der Waals surface area contributed by atoms with Crippen molar-refractivity contribution in [2.45, 2.75) is 38.6 Å². The summed E-state index contributed by atoms with van der Waals surface area (Å²) in [5, 5.41) is 4.20. The Morgan fingerprint density at radius 2 is 2.14 bits per heavy atom. The number of likely N-dealkylation sites (tertiary alicyclic amines) is 1. The number of hydrogen-bond donors (Lipinski definition) is 0. The highest BCUT2D eigenvalue weighted by Crippen LogP contribution is 2.32. The molecular weight excluding hydrogens is 282 g/mol. The molecular formula is C16H25N3O3. The van der Waals surface area contributed by atoms with E-state index in [4.69, 9.17) is 9.26 Å². The van der Waals surface area contributed by atoms with Crippen LogP contribution in [0.4, 0.5) is 0 Å². The Bertz CT molecular complexity index is 508. The zero-order valence-corrected chi connectivity index (χ0v) is 13.5. The molecule has 0 spiro atoms. The highest BCUT2D eigenvalue weighted by molar-refractivity contribution is 5.79. The number of amides is 1. The van der Waals surface area contributed by atoms with Crippen molar-refractivity contribution in [3.05, 3.63) is 17.5 Å². The van der Waals surface area contributed by atoms with Crippen LogP contribution in [0.2, 0.25) is 0 Å². The molecule has 1 aromatic heterocycles. The van der Waals surface area contributed by atoms with Gasteiger partial charge in [-0.2, -0.15) is 0 Å². The summed E-state index contributed by atoms with van der Waals surface area (Å²) in [5.41, 5.74) is 0.900. The second-order valence-electron chi connectivity index (χ2n) is 6.44. The molecule has 2 saturated heterocycles. The van der Waals surface area contributed by atoms with Gasteiger partial charge in [-0.05, 0) is 12.8 Å². The van der Waals surface area contributed by atoms with Gasteiger partial charge in [0, 0.05) is 31.6 Å². The third-order valence-corrected chi connectivity index (χ3v) is 4.49. The van der Waals surface area contributed by atoms with Crippen LogP contribution in [-0.4, -0.2) is 60.3 Å². The van der Waals surface area contributed by atoms with Gasteiger partial charge in [0.15, 0.2) is 0 Å². The van der Waals surface area contributed by atoms with Crippen molar-refractivity contribution in [1.29, 1.82) is 0 Å². The fourth-order valence-electron chi connectivity index (χ4n) is 3.15. The second kappa shape index (κ2) is 6.79. The lowest BCUT2D eigenvalue weighted by atomic mass is 10.1. The van der Waals surface area contributed by atoms with E-state index >= 15 is 0 Å². The number of aromatic nitrogens is 1. The summed E-state index contributed by atoms with van der Waals surface area (Å²) in [6.45, 7) is 8.58. The largest absolute Gasteiger partial charge is 0.379 e. The molecule has 3 rings (SSSR count). The van der Waals surface area contributed by atoms with Crippen LogP contribution >= 0.6 is 0 Å². The molecule has 6 heteroatoms. The zero-order chi connectivity index (χ0) is 15.5. The van der Waals surface area contributed by atoms with Gasteiger partial charge in [0.1, 0.15) is 11.5 Å². The van der Waals surface area contributed by atoms with Gasteiger partial charge >= 0.3 is 0 Å². The summed E-state index contributed by atoms with van der Waals surface area (Å²) in [6.07, 6.45) is 2.00. The van der Waals surface area contributed by atoms with Crippen molar-refractivity contribution >= 4 is 5.91 Å². The summed E-state index contributed by atoms with van der Waals surface area (Å²) in [4.78, 5) is 16.8. The van der Waals surface area contributed by atoms with E-state index < -0.39 is 0 Å². The van der Waals surface area contributed by atoms with Crippen LogP contribution in [0, 0.1) is 0 Å². The summed E-state index contributed by atoms with van der Waals surface area (Å²) in [5.74, 6) is 1.40. The maximum absolute atomic E-state index is 12.6. The molecule has 6 nitrogen and oxygen atoms in total. The molecule has 1 aromatic rings. The molecule has 1 amide bonds. The average molecular weight is 307 g/mol. The van der Waals surface area contributed by atoms with Gasteiger partial charge in [0.05, 0.1) is 25.8 Å². The third kappa shape index (κ3) is 3.33. The summed E-state index contributed by atoms with van der Waals surface area (Å²) >= 11 is 0. The summed E-state index contributed by atoms with van der Waals surface area (Å²) in [6, 6.07) is 2.08. The number of carbonyl (C=O) groups excluding carboxylic acids is 1. The van der Waals surface area contributed by atoms with Crippen LogP contribution in [-0.2, 0) is 9.53 Å². The van der Waals surface area contributed by atoms with Crippen molar-refractivity contribution in [2.75, 3.05) is 39.4 Å². The molecule has 1 unspecified atom stereocenters. The molecule has 0 radical (unpaired) electrons. The fourth-order valence-corrected chi connectivity index (χ4v) is 3.15. The van der Waals surface area contributed by atoms with Gasteiger partial charge in [0.2, 0.25) is 5.91 Å². The van der Waals surface area contributed by atoms with Gasteiger partial charge < -0.3 is 14.2 Å². The van der Waals surface area contributed by atoms with Crippen LogP contribution in [0.1, 0.15) is 50.1 Å². The lowest BCUT2D eigenvalue weighted by molar-refractivity contribution is -0.134. The predicted molar refractivity (Wildman–Crippen MR) is 81.5 cm³/mol. The number of ether oxygens (including phenoxy) is 1. The standard InChI is InChI=1S/C16H25N3O3/c1-12(2)15-10-13(17-22-15)14-4-3-5-19(14)16(20)11-18-6-8-21-9-7-18/h10,12,14H,3-9,11H2,1-2H3. The quantitative estimate of drug-likeness (QED) is 0.849. The van der Waals surface area contributed by atoms with E-state index in [0.29, 0.717) is 12.5 Å². The minimum atomic E-state index is 0.0739. The second-order valence-corrected chi connectivity index (χ2v) is 6.44. The predicted octanol–water partition coefficient (Wildman–Crippen LogP) is 1.79. The van der Waals surface area contributed by atoms with E-state index in [1.807, 2.05) is 11.0 Å². The first-order chi connectivity index (χ1) is 10.6. The Labute approximate surface area is 131 Å². The lowest BCUT2D eigenvalue weighted by Gasteiger charge is -2.29. The van der Waals surface area contributed by atoms with E-state index in [2.05, 4.69) is 23.9 Å². The summed E-state index contributed by atoms with van der Waals surface area (Å²) < 4.78 is 10.7. The molecule has 0 aromatic carbocycles. The van der Waals surface area contributed by atoms with E-state index in [9.17, 15) is 4.79 Å². The Balaban J connectivity index is 1.65. The number of hydrogen-bond acceptors (Lipinski definition) is 5.